The van der Waals surface area contributed by atoms with E-state index in [-0.39, 0.29) is 0 Å². The third-order valence-electron chi connectivity index (χ3n) is 8.94. The zero-order valence-electron chi connectivity index (χ0n) is 26.9. The summed E-state index contributed by atoms with van der Waals surface area (Å²) in [5.41, 5.74) is 7.78. The molecule has 0 aliphatic rings. The summed E-state index contributed by atoms with van der Waals surface area (Å²) in [6, 6.07) is 48.4. The fourth-order valence-electron chi connectivity index (χ4n) is 6.59. The van der Waals surface area contributed by atoms with Gasteiger partial charge in [0.25, 0.3) is 0 Å². The first-order valence-corrected chi connectivity index (χ1v) is 18.6. The quantitative estimate of drug-likeness (QED) is 0.149. The number of benzene rings is 4. The maximum atomic E-state index is 12.3. The van der Waals surface area contributed by atoms with Gasteiger partial charge >= 0.3 is 0 Å². The van der Waals surface area contributed by atoms with Gasteiger partial charge in [-0.3, -0.25) is 9.08 Å². The van der Waals surface area contributed by atoms with Gasteiger partial charge in [-0.15, -0.1) is 11.3 Å². The highest BCUT2D eigenvalue weighted by Gasteiger charge is 2.40. The van der Waals surface area contributed by atoms with Crippen molar-refractivity contribution in [2.45, 2.75) is 9.75 Å². The van der Waals surface area contributed by atoms with Crippen molar-refractivity contribution < 1.29 is 8.42 Å². The van der Waals surface area contributed by atoms with Gasteiger partial charge in [-0.1, -0.05) is 103 Å². The molecule has 0 atom stereocenters. The number of nitriles is 1. The zero-order valence-corrected chi connectivity index (χ0v) is 28.5. The molecule has 4 aromatic heterocycles. The Hall–Kier alpha value is -6.08. The molecule has 4 heterocycles. The molecule has 0 unspecified atom stereocenters. The normalized spacial score (nSPS) is 11.8. The Morgan fingerprint density at radius 3 is 1.82 bits per heavy atom. The summed E-state index contributed by atoms with van der Waals surface area (Å²) in [5.74, 6) is 0. The molecule has 0 bridgehead atoms. The number of rotatable bonds is 8. The van der Waals surface area contributed by atoms with E-state index in [0.717, 1.165) is 55.3 Å². The standard InChI is InChI=1S/C41H29N5O2S2/c1-50(47,48)39-24-22-37(49-39)36-26-43-38-23-21-31(27-45(36)38)35-28-46(44-40(35)30-19-17-29(25-42)18-20-30)41(32-11-5-2-6-12-32,33-13-7-3-8-14-33)34-15-9-4-10-16-34/h2-24,26-28H,1H3. The second kappa shape index (κ2) is 12.4. The Balaban J connectivity index is 1.41. The van der Waals surface area contributed by atoms with Gasteiger partial charge in [0, 0.05) is 35.3 Å². The third-order valence-corrected chi connectivity index (χ3v) is 11.9. The molecule has 0 radical (unpaired) electrons. The highest BCUT2D eigenvalue weighted by atomic mass is 32.2. The van der Waals surface area contributed by atoms with Crippen LogP contribution in [0.15, 0.2) is 162 Å². The molecule has 0 fully saturated rings. The van der Waals surface area contributed by atoms with Crippen LogP contribution in [-0.2, 0) is 15.4 Å². The summed E-state index contributed by atoms with van der Waals surface area (Å²) in [7, 11) is -3.34. The maximum absolute atomic E-state index is 12.3. The molecule has 0 amide bonds. The van der Waals surface area contributed by atoms with Crippen LogP contribution in [0, 0.1) is 11.3 Å². The summed E-state index contributed by atoms with van der Waals surface area (Å²) in [4.78, 5) is 5.43. The molecule has 9 heteroatoms. The third kappa shape index (κ3) is 5.31. The van der Waals surface area contributed by atoms with Crippen molar-refractivity contribution >= 4 is 26.8 Å². The monoisotopic (exact) mass is 687 g/mol. The van der Waals surface area contributed by atoms with Crippen molar-refractivity contribution in [3.05, 3.63) is 180 Å². The van der Waals surface area contributed by atoms with Crippen LogP contribution in [-0.4, -0.2) is 33.8 Å². The first-order chi connectivity index (χ1) is 24.4. The van der Waals surface area contributed by atoms with Crippen molar-refractivity contribution in [1.82, 2.24) is 19.2 Å². The van der Waals surface area contributed by atoms with Crippen LogP contribution < -0.4 is 0 Å². The zero-order chi connectivity index (χ0) is 34.3. The minimum absolute atomic E-state index is 0.307. The average molecular weight is 688 g/mol. The SMILES string of the molecule is CS(=O)(=O)c1ccc(-c2cnc3ccc(-c4cn(C(c5ccccc5)(c5ccccc5)c5ccccc5)nc4-c4ccc(C#N)cc4)cn23)s1. The molecule has 50 heavy (non-hydrogen) atoms. The number of nitrogens with zero attached hydrogens (tertiary/aromatic N) is 5. The van der Waals surface area contributed by atoms with Crippen molar-refractivity contribution in [1.29, 1.82) is 5.26 Å². The number of fused-ring (bicyclic) bond motifs is 1. The van der Waals surface area contributed by atoms with Crippen molar-refractivity contribution in [3.63, 3.8) is 0 Å². The molecule has 0 saturated heterocycles. The van der Waals surface area contributed by atoms with Crippen LogP contribution in [0.3, 0.4) is 0 Å². The van der Waals surface area contributed by atoms with E-state index in [0.29, 0.717) is 9.77 Å². The van der Waals surface area contributed by atoms with E-state index < -0.39 is 15.4 Å². The molecule has 0 spiro atoms. The fraction of sp³-hybridized carbons (Fsp3) is 0.0488. The Kier molecular flexibility index (Phi) is 7.75. The number of hydrogen-bond donors (Lipinski definition) is 0. The number of hydrogen-bond acceptors (Lipinski definition) is 6. The summed E-state index contributed by atoms with van der Waals surface area (Å²) < 4.78 is 28.9. The van der Waals surface area contributed by atoms with E-state index in [1.165, 1.54) is 17.6 Å². The lowest BCUT2D eigenvalue weighted by Crippen LogP contribution is -2.38. The first kappa shape index (κ1) is 31.2. The molecule has 7 nitrogen and oxygen atoms in total. The van der Waals surface area contributed by atoms with Gasteiger partial charge in [0.15, 0.2) is 9.84 Å². The molecule has 0 aliphatic heterocycles. The molecule has 0 aliphatic carbocycles. The summed E-state index contributed by atoms with van der Waals surface area (Å²) in [6.45, 7) is 0. The average Bonchev–Trinajstić information content (AvgIpc) is 3.92. The predicted octanol–water partition coefficient (Wildman–Crippen LogP) is 8.71. The molecule has 0 N–H and O–H groups in total. The number of imidazole rings is 1. The van der Waals surface area contributed by atoms with E-state index in [1.807, 2.05) is 71.3 Å². The van der Waals surface area contributed by atoms with Gasteiger partial charge in [0.2, 0.25) is 0 Å². The second-order valence-corrected chi connectivity index (χ2v) is 15.3. The van der Waals surface area contributed by atoms with Gasteiger partial charge in [-0.25, -0.2) is 13.4 Å². The molecular weight excluding hydrogens is 659 g/mol. The van der Waals surface area contributed by atoms with E-state index in [4.69, 9.17) is 5.10 Å². The van der Waals surface area contributed by atoms with Crippen LogP contribution in [0.25, 0.3) is 38.6 Å². The van der Waals surface area contributed by atoms with Crippen LogP contribution in [0.4, 0.5) is 0 Å². The minimum Gasteiger partial charge on any atom is -0.298 e. The molecule has 8 aromatic rings. The number of thiophene rings is 1. The van der Waals surface area contributed by atoms with Crippen molar-refractivity contribution in [2.75, 3.05) is 6.26 Å². The predicted molar refractivity (Wildman–Crippen MR) is 198 cm³/mol. The Morgan fingerprint density at radius 2 is 1.28 bits per heavy atom. The lowest BCUT2D eigenvalue weighted by atomic mass is 9.77. The van der Waals surface area contributed by atoms with Crippen molar-refractivity contribution in [2.24, 2.45) is 0 Å². The molecule has 8 rings (SSSR count). The molecular formula is C41H29N5O2S2. The lowest BCUT2D eigenvalue weighted by Gasteiger charge is -2.36. The van der Waals surface area contributed by atoms with E-state index in [9.17, 15) is 13.7 Å². The fourth-order valence-corrected chi connectivity index (χ4v) is 8.52. The van der Waals surface area contributed by atoms with Gasteiger partial charge in [0.1, 0.15) is 21.1 Å². The molecule has 242 valence electrons. The van der Waals surface area contributed by atoms with E-state index in [2.05, 4.69) is 94.7 Å². The number of pyridine rings is 1. The van der Waals surface area contributed by atoms with E-state index >= 15 is 0 Å². The van der Waals surface area contributed by atoms with Gasteiger partial charge in [-0.05, 0) is 53.1 Å². The van der Waals surface area contributed by atoms with Crippen LogP contribution >= 0.6 is 11.3 Å². The Labute approximate surface area is 293 Å². The lowest BCUT2D eigenvalue weighted by molar-refractivity contribution is 0.461. The van der Waals surface area contributed by atoms with Gasteiger partial charge < -0.3 is 0 Å². The second-order valence-electron chi connectivity index (χ2n) is 12.0. The highest BCUT2D eigenvalue weighted by molar-refractivity contribution is 7.92. The Morgan fingerprint density at radius 1 is 0.700 bits per heavy atom. The summed E-state index contributed by atoms with van der Waals surface area (Å²) in [6.07, 6.45) is 7.12. The summed E-state index contributed by atoms with van der Waals surface area (Å²) in [5, 5.41) is 15.0. The topological polar surface area (TPSA) is 93.0 Å². The maximum Gasteiger partial charge on any atom is 0.184 e. The largest absolute Gasteiger partial charge is 0.298 e. The summed E-state index contributed by atoms with van der Waals surface area (Å²) >= 11 is 1.23. The van der Waals surface area contributed by atoms with Crippen LogP contribution in [0.1, 0.15) is 22.3 Å². The smallest absolute Gasteiger partial charge is 0.184 e. The van der Waals surface area contributed by atoms with E-state index in [1.54, 1.807) is 12.3 Å². The first-order valence-electron chi connectivity index (χ1n) is 15.9. The van der Waals surface area contributed by atoms with Crippen LogP contribution in [0.2, 0.25) is 0 Å². The minimum atomic E-state index is -3.34. The Bertz CT molecular complexity index is 2520. The number of aromatic nitrogens is 4. The van der Waals surface area contributed by atoms with Gasteiger partial charge in [-0.2, -0.15) is 10.4 Å². The van der Waals surface area contributed by atoms with Crippen LogP contribution in [0.5, 0.6) is 0 Å². The number of sulfone groups is 1. The van der Waals surface area contributed by atoms with Gasteiger partial charge in [0.05, 0.1) is 28.4 Å². The van der Waals surface area contributed by atoms with Crippen molar-refractivity contribution in [3.8, 4) is 39.0 Å². The molecule has 4 aromatic carbocycles. The molecule has 0 saturated carbocycles. The highest BCUT2D eigenvalue weighted by Crippen LogP contribution is 2.43.